The summed E-state index contributed by atoms with van der Waals surface area (Å²) in [5.41, 5.74) is 3.16. The molecule has 2 nitrogen and oxygen atoms in total. The number of rotatable bonds is 3. The zero-order valence-electron chi connectivity index (χ0n) is 11.1. The molecule has 2 aromatic rings. The SMILES string of the molecule is COc1ccc(C(Cl)c2cc(C)oc2C)cc1C. The van der Waals surface area contributed by atoms with E-state index in [1.807, 2.05) is 39.0 Å². The highest BCUT2D eigenvalue weighted by Crippen LogP contribution is 2.34. The first-order valence-corrected chi connectivity index (χ1v) is 6.32. The molecular weight excluding hydrogens is 248 g/mol. The Morgan fingerprint density at radius 1 is 1.17 bits per heavy atom. The summed E-state index contributed by atoms with van der Waals surface area (Å²) in [5, 5.41) is -0.188. The summed E-state index contributed by atoms with van der Waals surface area (Å²) in [7, 11) is 1.67. The Labute approximate surface area is 113 Å². The first kappa shape index (κ1) is 13.0. The van der Waals surface area contributed by atoms with E-state index in [2.05, 4.69) is 6.07 Å². The number of alkyl halides is 1. The summed E-state index contributed by atoms with van der Waals surface area (Å²) in [6.45, 7) is 5.88. The average Bonchev–Trinajstić information content (AvgIpc) is 2.67. The lowest BCUT2D eigenvalue weighted by Gasteiger charge is -2.12. The van der Waals surface area contributed by atoms with Crippen molar-refractivity contribution >= 4 is 11.6 Å². The van der Waals surface area contributed by atoms with Gasteiger partial charge in [-0.25, -0.2) is 0 Å². The van der Waals surface area contributed by atoms with Crippen molar-refractivity contribution in [2.45, 2.75) is 26.1 Å². The lowest BCUT2D eigenvalue weighted by Crippen LogP contribution is -1.95. The summed E-state index contributed by atoms with van der Waals surface area (Å²) in [4.78, 5) is 0. The van der Waals surface area contributed by atoms with E-state index < -0.39 is 0 Å². The first-order chi connectivity index (χ1) is 8.52. The summed E-state index contributed by atoms with van der Waals surface area (Å²) < 4.78 is 10.8. The average molecular weight is 265 g/mol. The van der Waals surface area contributed by atoms with Crippen LogP contribution in [0.4, 0.5) is 0 Å². The molecule has 0 aliphatic carbocycles. The van der Waals surface area contributed by atoms with Gasteiger partial charge in [-0.3, -0.25) is 0 Å². The van der Waals surface area contributed by atoms with Crippen molar-refractivity contribution in [3.63, 3.8) is 0 Å². The Bertz CT molecular complexity index is 558. The second kappa shape index (κ2) is 5.07. The Balaban J connectivity index is 2.37. The highest BCUT2D eigenvalue weighted by Gasteiger charge is 2.17. The van der Waals surface area contributed by atoms with Gasteiger partial charge in [0.1, 0.15) is 17.3 Å². The summed E-state index contributed by atoms with van der Waals surface area (Å²) >= 11 is 6.52. The minimum atomic E-state index is -0.188. The molecular formula is C15H17ClO2. The summed E-state index contributed by atoms with van der Waals surface area (Å²) in [6.07, 6.45) is 0. The Morgan fingerprint density at radius 3 is 2.39 bits per heavy atom. The lowest BCUT2D eigenvalue weighted by molar-refractivity contribution is 0.411. The zero-order valence-corrected chi connectivity index (χ0v) is 11.8. The van der Waals surface area contributed by atoms with Crippen LogP contribution in [0.3, 0.4) is 0 Å². The summed E-state index contributed by atoms with van der Waals surface area (Å²) in [5.74, 6) is 2.64. The molecule has 0 bridgehead atoms. The van der Waals surface area contributed by atoms with E-state index in [1.165, 1.54) is 0 Å². The molecule has 1 aromatic heterocycles. The molecule has 0 amide bonds. The van der Waals surface area contributed by atoms with Crippen LogP contribution in [0, 0.1) is 20.8 Å². The molecule has 1 aromatic carbocycles. The minimum absolute atomic E-state index is 0.188. The monoisotopic (exact) mass is 264 g/mol. The molecule has 0 spiro atoms. The predicted octanol–water partition coefficient (Wildman–Crippen LogP) is 4.54. The van der Waals surface area contributed by atoms with Crippen LogP contribution < -0.4 is 4.74 Å². The Kier molecular flexibility index (Phi) is 3.67. The number of ether oxygens (including phenoxy) is 1. The van der Waals surface area contributed by atoms with E-state index in [1.54, 1.807) is 7.11 Å². The number of halogens is 1. The van der Waals surface area contributed by atoms with Gasteiger partial charge in [-0.1, -0.05) is 12.1 Å². The van der Waals surface area contributed by atoms with Crippen molar-refractivity contribution in [2.75, 3.05) is 7.11 Å². The number of hydrogen-bond donors (Lipinski definition) is 0. The van der Waals surface area contributed by atoms with Gasteiger partial charge in [-0.2, -0.15) is 0 Å². The maximum Gasteiger partial charge on any atom is 0.121 e. The van der Waals surface area contributed by atoms with Crippen LogP contribution in [0.5, 0.6) is 5.75 Å². The van der Waals surface area contributed by atoms with Gasteiger partial charge < -0.3 is 9.15 Å². The standard InChI is InChI=1S/C15H17ClO2/c1-9-7-12(5-6-14(9)17-4)15(16)13-8-10(2)18-11(13)3/h5-8,15H,1-4H3. The van der Waals surface area contributed by atoms with Crippen LogP contribution in [0.15, 0.2) is 28.7 Å². The van der Waals surface area contributed by atoms with E-state index in [0.717, 1.165) is 34.0 Å². The van der Waals surface area contributed by atoms with Gasteiger partial charge in [0.05, 0.1) is 12.5 Å². The third-order valence-corrected chi connectivity index (χ3v) is 3.55. The minimum Gasteiger partial charge on any atom is -0.496 e. The smallest absolute Gasteiger partial charge is 0.121 e. The van der Waals surface area contributed by atoms with Crippen LogP contribution in [-0.2, 0) is 0 Å². The maximum absolute atomic E-state index is 6.52. The normalized spacial score (nSPS) is 12.5. The van der Waals surface area contributed by atoms with Gasteiger partial charge in [-0.15, -0.1) is 11.6 Å². The molecule has 2 rings (SSSR count). The highest BCUT2D eigenvalue weighted by molar-refractivity contribution is 6.22. The van der Waals surface area contributed by atoms with Gasteiger partial charge in [0.2, 0.25) is 0 Å². The van der Waals surface area contributed by atoms with Gasteiger partial charge in [-0.05, 0) is 44.0 Å². The van der Waals surface area contributed by atoms with Crippen LogP contribution in [0.25, 0.3) is 0 Å². The molecule has 0 aliphatic rings. The quantitative estimate of drug-likeness (QED) is 0.760. The predicted molar refractivity (Wildman–Crippen MR) is 73.6 cm³/mol. The third kappa shape index (κ3) is 2.39. The van der Waals surface area contributed by atoms with Gasteiger partial charge in [0.25, 0.3) is 0 Å². The maximum atomic E-state index is 6.52. The third-order valence-electron chi connectivity index (χ3n) is 3.06. The van der Waals surface area contributed by atoms with Crippen LogP contribution >= 0.6 is 11.6 Å². The fourth-order valence-corrected chi connectivity index (χ4v) is 2.49. The second-order valence-corrected chi connectivity index (χ2v) is 4.90. The molecule has 1 heterocycles. The second-order valence-electron chi connectivity index (χ2n) is 4.46. The lowest BCUT2D eigenvalue weighted by atomic mass is 10.0. The molecule has 96 valence electrons. The molecule has 1 unspecified atom stereocenters. The molecule has 3 heteroatoms. The molecule has 0 saturated carbocycles. The van der Waals surface area contributed by atoms with Crippen LogP contribution in [-0.4, -0.2) is 7.11 Å². The highest BCUT2D eigenvalue weighted by atomic mass is 35.5. The number of benzene rings is 1. The van der Waals surface area contributed by atoms with E-state index in [9.17, 15) is 0 Å². The fraction of sp³-hybridized carbons (Fsp3) is 0.333. The zero-order chi connectivity index (χ0) is 13.3. The Hall–Kier alpha value is -1.41. The molecule has 18 heavy (non-hydrogen) atoms. The molecule has 0 N–H and O–H groups in total. The van der Waals surface area contributed by atoms with Gasteiger partial charge >= 0.3 is 0 Å². The van der Waals surface area contributed by atoms with Crippen LogP contribution in [0.2, 0.25) is 0 Å². The van der Waals surface area contributed by atoms with E-state index >= 15 is 0 Å². The van der Waals surface area contributed by atoms with Crippen molar-refractivity contribution in [3.8, 4) is 5.75 Å². The fourth-order valence-electron chi connectivity index (χ4n) is 2.14. The number of hydrogen-bond acceptors (Lipinski definition) is 2. The van der Waals surface area contributed by atoms with Crippen LogP contribution in [0.1, 0.15) is 33.6 Å². The number of furan rings is 1. The molecule has 0 radical (unpaired) electrons. The van der Waals surface area contributed by atoms with Gasteiger partial charge in [0.15, 0.2) is 0 Å². The van der Waals surface area contributed by atoms with E-state index in [-0.39, 0.29) is 5.38 Å². The van der Waals surface area contributed by atoms with Crippen molar-refractivity contribution in [1.82, 2.24) is 0 Å². The van der Waals surface area contributed by atoms with Crippen molar-refractivity contribution in [1.29, 1.82) is 0 Å². The van der Waals surface area contributed by atoms with Crippen molar-refractivity contribution in [2.24, 2.45) is 0 Å². The molecule has 0 fully saturated rings. The molecule has 0 aliphatic heterocycles. The van der Waals surface area contributed by atoms with Gasteiger partial charge in [0, 0.05) is 5.56 Å². The van der Waals surface area contributed by atoms with Crippen molar-refractivity contribution < 1.29 is 9.15 Å². The largest absolute Gasteiger partial charge is 0.496 e. The Morgan fingerprint density at radius 2 is 1.89 bits per heavy atom. The van der Waals surface area contributed by atoms with Crippen molar-refractivity contribution in [3.05, 3.63) is 52.5 Å². The molecule has 1 atom stereocenters. The van der Waals surface area contributed by atoms with E-state index in [0.29, 0.717) is 0 Å². The van der Waals surface area contributed by atoms with E-state index in [4.69, 9.17) is 20.8 Å². The number of methoxy groups -OCH3 is 1. The molecule has 0 saturated heterocycles. The number of aryl methyl sites for hydroxylation is 3. The first-order valence-electron chi connectivity index (χ1n) is 5.88. The summed E-state index contributed by atoms with van der Waals surface area (Å²) in [6, 6.07) is 7.98. The topological polar surface area (TPSA) is 22.4 Å².